The van der Waals surface area contributed by atoms with Crippen molar-refractivity contribution in [3.8, 4) is 0 Å². The topological polar surface area (TPSA) is 46.1 Å². The summed E-state index contributed by atoms with van der Waals surface area (Å²) in [4.78, 5) is 22.1. The lowest BCUT2D eigenvalue weighted by atomic mass is 10.1. The number of amides is 1. The summed E-state index contributed by atoms with van der Waals surface area (Å²) >= 11 is 0. The Morgan fingerprint density at radius 2 is 1.76 bits per heavy atom. The zero-order chi connectivity index (χ0) is 20.9. The molecule has 0 N–H and O–H groups in total. The van der Waals surface area contributed by atoms with Gasteiger partial charge < -0.3 is 4.90 Å². The second-order valence-corrected chi connectivity index (χ2v) is 6.72. The van der Waals surface area contributed by atoms with E-state index in [1.165, 1.54) is 12.3 Å². The van der Waals surface area contributed by atoms with Gasteiger partial charge in [0.15, 0.2) is 0 Å². The van der Waals surface area contributed by atoms with Gasteiger partial charge in [-0.25, -0.2) is 0 Å². The van der Waals surface area contributed by atoms with Gasteiger partial charge >= 0.3 is 6.18 Å². The monoisotopic (exact) mass is 399 g/mol. The Balaban J connectivity index is 1.76. The highest BCUT2D eigenvalue weighted by atomic mass is 19.4. The molecular weight excluding hydrogens is 379 g/mol. The molecule has 0 saturated carbocycles. The molecule has 1 aromatic carbocycles. The third-order valence-corrected chi connectivity index (χ3v) is 4.46. The molecule has 150 valence electrons. The van der Waals surface area contributed by atoms with Gasteiger partial charge in [0, 0.05) is 30.8 Å². The number of anilines is 1. The largest absolute Gasteiger partial charge is 0.433 e. The van der Waals surface area contributed by atoms with Crippen LogP contribution in [0.5, 0.6) is 0 Å². The maximum atomic E-state index is 12.9. The number of alkyl halides is 3. The highest BCUT2D eigenvalue weighted by Gasteiger charge is 2.32. The van der Waals surface area contributed by atoms with Gasteiger partial charge in [0.2, 0.25) is 5.91 Å². The van der Waals surface area contributed by atoms with Crippen LogP contribution in [0.25, 0.3) is 0 Å². The first-order valence-electron chi connectivity index (χ1n) is 9.11. The summed E-state index contributed by atoms with van der Waals surface area (Å²) in [6, 6.07) is 13.5. The SMILES string of the molecule is Cc1ccc(N(CCc2ccc(C(F)(F)F)nc2)C(=O)Cc2cccnc2)cc1. The second kappa shape index (κ2) is 8.86. The standard InChI is InChI=1S/C22H20F3N3O/c1-16-4-7-19(8-5-16)28(21(29)13-18-3-2-11-26-14-18)12-10-17-6-9-20(27-15-17)22(23,24)25/h2-9,11,14-15H,10,12-13H2,1H3. The fourth-order valence-electron chi connectivity index (χ4n) is 2.88. The lowest BCUT2D eigenvalue weighted by Gasteiger charge is -2.23. The molecule has 2 heterocycles. The fourth-order valence-corrected chi connectivity index (χ4v) is 2.88. The first kappa shape index (κ1) is 20.5. The van der Waals surface area contributed by atoms with E-state index >= 15 is 0 Å². The van der Waals surface area contributed by atoms with Gasteiger partial charge in [-0.05, 0) is 48.7 Å². The van der Waals surface area contributed by atoms with Crippen LogP contribution in [0.1, 0.15) is 22.4 Å². The Morgan fingerprint density at radius 3 is 2.34 bits per heavy atom. The molecule has 1 amide bonds. The van der Waals surface area contributed by atoms with Crippen LogP contribution >= 0.6 is 0 Å². The maximum absolute atomic E-state index is 12.9. The van der Waals surface area contributed by atoms with E-state index in [1.807, 2.05) is 37.3 Å². The molecule has 0 unspecified atom stereocenters. The number of nitrogens with zero attached hydrogens (tertiary/aromatic N) is 3. The number of aromatic nitrogens is 2. The smallest absolute Gasteiger partial charge is 0.312 e. The van der Waals surface area contributed by atoms with Gasteiger partial charge in [0.05, 0.1) is 6.42 Å². The van der Waals surface area contributed by atoms with Crippen LogP contribution in [-0.2, 0) is 23.8 Å². The molecule has 4 nitrogen and oxygen atoms in total. The molecule has 3 aromatic rings. The lowest BCUT2D eigenvalue weighted by molar-refractivity contribution is -0.141. The molecule has 0 atom stereocenters. The molecule has 3 rings (SSSR count). The Labute approximate surface area is 167 Å². The summed E-state index contributed by atoms with van der Waals surface area (Å²) in [5, 5.41) is 0. The van der Waals surface area contributed by atoms with E-state index in [4.69, 9.17) is 0 Å². The van der Waals surface area contributed by atoms with Gasteiger partial charge in [-0.2, -0.15) is 13.2 Å². The number of aryl methyl sites for hydroxylation is 1. The Bertz CT molecular complexity index is 940. The highest BCUT2D eigenvalue weighted by molar-refractivity contribution is 5.94. The Kier molecular flexibility index (Phi) is 6.26. The number of pyridine rings is 2. The van der Waals surface area contributed by atoms with Crippen LogP contribution in [0.2, 0.25) is 0 Å². The number of carbonyl (C=O) groups is 1. The first-order valence-corrected chi connectivity index (χ1v) is 9.11. The van der Waals surface area contributed by atoms with Crippen LogP contribution in [0, 0.1) is 6.92 Å². The number of halogens is 3. The molecule has 7 heteroatoms. The van der Waals surface area contributed by atoms with Gasteiger partial charge in [0.25, 0.3) is 0 Å². The number of rotatable bonds is 6. The molecule has 0 aliphatic rings. The van der Waals surface area contributed by atoms with E-state index in [0.29, 0.717) is 18.5 Å². The van der Waals surface area contributed by atoms with Gasteiger partial charge in [0.1, 0.15) is 5.69 Å². The molecule has 0 aliphatic carbocycles. The Morgan fingerprint density at radius 1 is 1.00 bits per heavy atom. The maximum Gasteiger partial charge on any atom is 0.433 e. The van der Waals surface area contributed by atoms with E-state index in [1.54, 1.807) is 23.4 Å². The Hall–Kier alpha value is -3.22. The van der Waals surface area contributed by atoms with Crippen LogP contribution in [0.15, 0.2) is 67.1 Å². The summed E-state index contributed by atoms with van der Waals surface area (Å²) in [7, 11) is 0. The van der Waals surface area contributed by atoms with Crippen LogP contribution in [-0.4, -0.2) is 22.4 Å². The summed E-state index contributed by atoms with van der Waals surface area (Å²) in [6.45, 7) is 2.29. The third kappa shape index (κ3) is 5.63. The van der Waals surface area contributed by atoms with E-state index < -0.39 is 11.9 Å². The van der Waals surface area contributed by atoms with Gasteiger partial charge in [-0.3, -0.25) is 14.8 Å². The van der Waals surface area contributed by atoms with Gasteiger partial charge in [-0.1, -0.05) is 29.8 Å². The van der Waals surface area contributed by atoms with Crippen molar-refractivity contribution in [2.24, 2.45) is 0 Å². The zero-order valence-corrected chi connectivity index (χ0v) is 15.9. The van der Waals surface area contributed by atoms with E-state index in [2.05, 4.69) is 9.97 Å². The minimum absolute atomic E-state index is 0.110. The summed E-state index contributed by atoms with van der Waals surface area (Å²) in [6.07, 6.45) is 0.604. The molecule has 0 saturated heterocycles. The van der Waals surface area contributed by atoms with Crippen molar-refractivity contribution in [2.45, 2.75) is 25.9 Å². The molecule has 29 heavy (non-hydrogen) atoms. The van der Waals surface area contributed by atoms with Crippen molar-refractivity contribution in [3.05, 3.63) is 89.5 Å². The predicted molar refractivity (Wildman–Crippen MR) is 104 cm³/mol. The quantitative estimate of drug-likeness (QED) is 0.608. The number of hydrogen-bond donors (Lipinski definition) is 0. The summed E-state index contributed by atoms with van der Waals surface area (Å²) in [5.41, 5.74) is 2.31. The average Bonchev–Trinajstić information content (AvgIpc) is 2.70. The minimum atomic E-state index is -4.47. The van der Waals surface area contributed by atoms with Crippen LogP contribution in [0.3, 0.4) is 0 Å². The molecule has 0 aliphatic heterocycles. The molecule has 0 bridgehead atoms. The zero-order valence-electron chi connectivity index (χ0n) is 15.9. The molecular formula is C22H20F3N3O. The fraction of sp³-hybridized carbons (Fsp3) is 0.227. The highest BCUT2D eigenvalue weighted by Crippen LogP contribution is 2.27. The molecule has 2 aromatic heterocycles. The first-order chi connectivity index (χ1) is 13.8. The van der Waals surface area contributed by atoms with Crippen molar-refractivity contribution in [1.82, 2.24) is 9.97 Å². The minimum Gasteiger partial charge on any atom is -0.312 e. The number of carbonyl (C=O) groups excluding carboxylic acids is 1. The summed E-state index contributed by atoms with van der Waals surface area (Å²) < 4.78 is 38.0. The number of benzene rings is 1. The van der Waals surface area contributed by atoms with E-state index in [9.17, 15) is 18.0 Å². The predicted octanol–water partition coefficient (Wildman–Crippen LogP) is 4.62. The second-order valence-electron chi connectivity index (χ2n) is 6.72. The van der Waals surface area contributed by atoms with E-state index in [0.717, 1.165) is 22.9 Å². The van der Waals surface area contributed by atoms with Crippen molar-refractivity contribution >= 4 is 11.6 Å². The molecule has 0 fully saturated rings. The van der Waals surface area contributed by atoms with Crippen molar-refractivity contribution < 1.29 is 18.0 Å². The van der Waals surface area contributed by atoms with Crippen LogP contribution in [0.4, 0.5) is 18.9 Å². The van der Waals surface area contributed by atoms with Crippen molar-refractivity contribution in [2.75, 3.05) is 11.4 Å². The van der Waals surface area contributed by atoms with E-state index in [-0.39, 0.29) is 12.3 Å². The number of hydrogen-bond acceptors (Lipinski definition) is 3. The molecule has 0 radical (unpaired) electrons. The van der Waals surface area contributed by atoms with Crippen molar-refractivity contribution in [1.29, 1.82) is 0 Å². The normalized spacial score (nSPS) is 11.3. The lowest BCUT2D eigenvalue weighted by Crippen LogP contribution is -2.34. The molecule has 0 spiro atoms. The van der Waals surface area contributed by atoms with Crippen molar-refractivity contribution in [3.63, 3.8) is 0 Å². The van der Waals surface area contributed by atoms with Crippen LogP contribution < -0.4 is 4.90 Å². The average molecular weight is 399 g/mol. The third-order valence-electron chi connectivity index (χ3n) is 4.46. The summed E-state index contributed by atoms with van der Waals surface area (Å²) in [5.74, 6) is -0.110. The van der Waals surface area contributed by atoms with Gasteiger partial charge in [-0.15, -0.1) is 0 Å².